The van der Waals surface area contributed by atoms with Crippen molar-refractivity contribution in [2.45, 2.75) is 24.4 Å². The third kappa shape index (κ3) is 2.88. The molecule has 114 valence electrons. The third-order valence-electron chi connectivity index (χ3n) is 3.91. The van der Waals surface area contributed by atoms with Crippen LogP contribution in [-0.2, 0) is 17.1 Å². The molecule has 1 saturated heterocycles. The van der Waals surface area contributed by atoms with Gasteiger partial charge in [0.1, 0.15) is 0 Å². The number of nitrogens with zero attached hydrogens (tertiary/aromatic N) is 4. The van der Waals surface area contributed by atoms with Gasteiger partial charge in [-0.25, -0.2) is 8.42 Å². The summed E-state index contributed by atoms with van der Waals surface area (Å²) in [6, 6.07) is 1.88. The van der Waals surface area contributed by atoms with Gasteiger partial charge in [0.05, 0.1) is 6.20 Å². The molecule has 2 N–H and O–H groups in total. The molecule has 1 fully saturated rings. The van der Waals surface area contributed by atoms with Crippen molar-refractivity contribution in [3.8, 4) is 0 Å². The summed E-state index contributed by atoms with van der Waals surface area (Å²) in [5.74, 6) is 0. The van der Waals surface area contributed by atoms with Crippen molar-refractivity contribution in [2.24, 2.45) is 12.8 Å². The molecule has 1 aromatic heterocycles. The van der Waals surface area contributed by atoms with E-state index < -0.39 is 10.0 Å². The zero-order valence-electron chi connectivity index (χ0n) is 12.1. The summed E-state index contributed by atoms with van der Waals surface area (Å²) in [4.78, 5) is 2.27. The second-order valence-electron chi connectivity index (χ2n) is 5.03. The van der Waals surface area contributed by atoms with E-state index >= 15 is 0 Å². The second kappa shape index (κ2) is 6.21. The van der Waals surface area contributed by atoms with E-state index in [4.69, 9.17) is 5.73 Å². The van der Waals surface area contributed by atoms with Crippen LogP contribution in [0.1, 0.15) is 13.3 Å². The first-order chi connectivity index (χ1) is 9.50. The summed E-state index contributed by atoms with van der Waals surface area (Å²) in [5, 5.41) is 4.18. The first-order valence-corrected chi connectivity index (χ1v) is 8.37. The molecule has 8 heteroatoms. The Morgan fingerprint density at radius 3 is 2.45 bits per heavy atom. The van der Waals surface area contributed by atoms with Crippen LogP contribution in [0.2, 0.25) is 0 Å². The van der Waals surface area contributed by atoms with E-state index in [-0.39, 0.29) is 5.03 Å². The normalized spacial score (nSPS) is 20.1. The number of nitrogens with two attached hydrogens (primary N) is 1. The van der Waals surface area contributed by atoms with Gasteiger partial charge in [-0.05, 0) is 12.5 Å². The van der Waals surface area contributed by atoms with Gasteiger partial charge in [-0.2, -0.15) is 9.40 Å². The molecule has 0 saturated carbocycles. The van der Waals surface area contributed by atoms with Crippen molar-refractivity contribution < 1.29 is 8.42 Å². The van der Waals surface area contributed by atoms with Crippen molar-refractivity contribution in [3.05, 3.63) is 12.3 Å². The SMILES string of the molecule is CCC(CN)N1CCN(S(=O)(=O)c2ccnn2C)CC1. The molecule has 1 aliphatic heterocycles. The summed E-state index contributed by atoms with van der Waals surface area (Å²) < 4.78 is 27.9. The van der Waals surface area contributed by atoms with Crippen molar-refractivity contribution in [1.29, 1.82) is 0 Å². The number of aromatic nitrogens is 2. The highest BCUT2D eigenvalue weighted by molar-refractivity contribution is 7.89. The highest BCUT2D eigenvalue weighted by Gasteiger charge is 2.31. The third-order valence-corrected chi connectivity index (χ3v) is 5.89. The Morgan fingerprint density at radius 2 is 2.00 bits per heavy atom. The Labute approximate surface area is 120 Å². The maximum atomic E-state index is 12.5. The minimum absolute atomic E-state index is 0.247. The lowest BCUT2D eigenvalue weighted by Gasteiger charge is -2.37. The summed E-state index contributed by atoms with van der Waals surface area (Å²) in [6.07, 6.45) is 2.50. The van der Waals surface area contributed by atoms with Gasteiger partial charge in [0.15, 0.2) is 5.03 Å². The van der Waals surface area contributed by atoms with Gasteiger partial charge < -0.3 is 5.73 Å². The predicted octanol–water partition coefficient (Wildman–Crippen LogP) is -0.536. The molecule has 1 aromatic rings. The largest absolute Gasteiger partial charge is 0.329 e. The summed E-state index contributed by atoms with van der Waals surface area (Å²) in [7, 11) is -1.79. The molecule has 0 radical (unpaired) electrons. The first kappa shape index (κ1) is 15.4. The van der Waals surface area contributed by atoms with Crippen molar-refractivity contribution >= 4 is 10.0 Å². The number of rotatable bonds is 5. The molecule has 0 aliphatic carbocycles. The van der Waals surface area contributed by atoms with Crippen molar-refractivity contribution in [1.82, 2.24) is 19.0 Å². The second-order valence-corrected chi connectivity index (χ2v) is 6.92. The van der Waals surface area contributed by atoms with E-state index in [1.165, 1.54) is 21.3 Å². The molecule has 1 unspecified atom stereocenters. The minimum Gasteiger partial charge on any atom is -0.329 e. The average molecular weight is 301 g/mol. The fourth-order valence-corrected chi connectivity index (χ4v) is 4.15. The van der Waals surface area contributed by atoms with Crippen LogP contribution in [0.15, 0.2) is 17.3 Å². The van der Waals surface area contributed by atoms with Crippen LogP contribution in [0.5, 0.6) is 0 Å². The Balaban J connectivity index is 2.06. The van der Waals surface area contributed by atoms with Crippen LogP contribution in [0.4, 0.5) is 0 Å². The molecule has 2 rings (SSSR count). The fourth-order valence-electron chi connectivity index (χ4n) is 2.63. The predicted molar refractivity (Wildman–Crippen MR) is 76.7 cm³/mol. The smallest absolute Gasteiger partial charge is 0.260 e. The molecular formula is C12H23N5O2S. The molecular weight excluding hydrogens is 278 g/mol. The van der Waals surface area contributed by atoms with Gasteiger partial charge in [0.2, 0.25) is 0 Å². The fraction of sp³-hybridized carbons (Fsp3) is 0.750. The number of hydrogen-bond donors (Lipinski definition) is 1. The molecule has 0 bridgehead atoms. The number of sulfonamides is 1. The lowest BCUT2D eigenvalue weighted by Crippen LogP contribution is -2.53. The number of hydrogen-bond acceptors (Lipinski definition) is 5. The molecule has 1 atom stereocenters. The zero-order chi connectivity index (χ0) is 14.8. The van der Waals surface area contributed by atoms with Gasteiger partial charge >= 0.3 is 0 Å². The first-order valence-electron chi connectivity index (χ1n) is 6.93. The van der Waals surface area contributed by atoms with Crippen LogP contribution in [0.25, 0.3) is 0 Å². The zero-order valence-corrected chi connectivity index (χ0v) is 12.9. The molecule has 0 spiro atoms. The van der Waals surface area contributed by atoms with E-state index in [1.54, 1.807) is 7.05 Å². The van der Waals surface area contributed by atoms with Gasteiger partial charge in [-0.3, -0.25) is 9.58 Å². The molecule has 0 amide bonds. The van der Waals surface area contributed by atoms with E-state index in [9.17, 15) is 8.42 Å². The van der Waals surface area contributed by atoms with E-state index in [0.717, 1.165) is 19.5 Å². The molecule has 0 aromatic carbocycles. The van der Waals surface area contributed by atoms with E-state index in [0.29, 0.717) is 25.7 Å². The van der Waals surface area contributed by atoms with Crippen LogP contribution in [-0.4, -0.2) is 66.2 Å². The molecule has 20 heavy (non-hydrogen) atoms. The maximum absolute atomic E-state index is 12.5. The highest BCUT2D eigenvalue weighted by Crippen LogP contribution is 2.17. The van der Waals surface area contributed by atoms with Crippen LogP contribution >= 0.6 is 0 Å². The van der Waals surface area contributed by atoms with Gasteiger partial charge in [0, 0.05) is 45.8 Å². The molecule has 2 heterocycles. The quantitative estimate of drug-likeness (QED) is 0.790. The lowest BCUT2D eigenvalue weighted by atomic mass is 10.1. The van der Waals surface area contributed by atoms with Crippen LogP contribution in [0, 0.1) is 0 Å². The monoisotopic (exact) mass is 301 g/mol. The lowest BCUT2D eigenvalue weighted by molar-refractivity contribution is 0.137. The van der Waals surface area contributed by atoms with Gasteiger partial charge in [0.25, 0.3) is 10.0 Å². The molecule has 1 aliphatic rings. The maximum Gasteiger partial charge on any atom is 0.260 e. The van der Waals surface area contributed by atoms with Crippen molar-refractivity contribution in [2.75, 3.05) is 32.7 Å². The standard InChI is InChI=1S/C12H23N5O2S/c1-3-11(10-13)16-6-8-17(9-7-16)20(18,19)12-4-5-14-15(12)2/h4-5,11H,3,6-10,13H2,1-2H3. The summed E-state index contributed by atoms with van der Waals surface area (Å²) >= 11 is 0. The topological polar surface area (TPSA) is 84.5 Å². The summed E-state index contributed by atoms with van der Waals surface area (Å²) in [5.41, 5.74) is 5.75. The Hall–Kier alpha value is -0.960. The van der Waals surface area contributed by atoms with E-state index in [1.807, 2.05) is 0 Å². The minimum atomic E-state index is -3.44. The summed E-state index contributed by atoms with van der Waals surface area (Å²) in [6.45, 7) is 5.19. The van der Waals surface area contributed by atoms with Crippen molar-refractivity contribution in [3.63, 3.8) is 0 Å². The Morgan fingerprint density at radius 1 is 1.35 bits per heavy atom. The van der Waals surface area contributed by atoms with Gasteiger partial charge in [-0.15, -0.1) is 0 Å². The van der Waals surface area contributed by atoms with Crippen LogP contribution in [0.3, 0.4) is 0 Å². The van der Waals surface area contributed by atoms with Crippen LogP contribution < -0.4 is 5.73 Å². The number of aryl methyl sites for hydroxylation is 1. The van der Waals surface area contributed by atoms with E-state index in [2.05, 4.69) is 16.9 Å². The number of piperazine rings is 1. The van der Waals surface area contributed by atoms with Gasteiger partial charge in [-0.1, -0.05) is 6.92 Å². The Kier molecular flexibility index (Phi) is 4.79. The highest BCUT2D eigenvalue weighted by atomic mass is 32.2. The average Bonchev–Trinajstić information content (AvgIpc) is 2.88. The molecule has 7 nitrogen and oxygen atoms in total. The Bertz CT molecular complexity index is 530.